The summed E-state index contributed by atoms with van der Waals surface area (Å²) in [5, 5.41) is 17.3. The van der Waals surface area contributed by atoms with E-state index < -0.39 is 0 Å². The minimum absolute atomic E-state index is 0.0705. The molecule has 7 heteroatoms. The number of aromatic nitrogens is 2. The van der Waals surface area contributed by atoms with E-state index in [1.165, 1.54) is 31.0 Å². The SMILES string of the molecule is CC(Sc1nnc(C2CCCCC2)o1)C(=O)N(CCC#N)c1ccccc1. The van der Waals surface area contributed by atoms with E-state index in [-0.39, 0.29) is 17.6 Å². The topological polar surface area (TPSA) is 83.0 Å². The number of nitrogens with zero attached hydrogens (tertiary/aromatic N) is 4. The Labute approximate surface area is 164 Å². The number of benzene rings is 1. The van der Waals surface area contributed by atoms with Gasteiger partial charge in [0.1, 0.15) is 0 Å². The molecule has 1 atom stereocenters. The van der Waals surface area contributed by atoms with Gasteiger partial charge in [-0.15, -0.1) is 10.2 Å². The second-order valence-electron chi connectivity index (χ2n) is 6.73. The molecular weight excluding hydrogens is 360 g/mol. The lowest BCUT2D eigenvalue weighted by molar-refractivity contribution is -0.117. The summed E-state index contributed by atoms with van der Waals surface area (Å²) in [7, 11) is 0. The van der Waals surface area contributed by atoms with E-state index in [1.807, 2.05) is 37.3 Å². The highest BCUT2D eigenvalue weighted by Crippen LogP contribution is 2.34. The van der Waals surface area contributed by atoms with Crippen LogP contribution in [-0.4, -0.2) is 27.9 Å². The van der Waals surface area contributed by atoms with Crippen molar-refractivity contribution < 1.29 is 9.21 Å². The molecule has 142 valence electrons. The zero-order valence-electron chi connectivity index (χ0n) is 15.5. The summed E-state index contributed by atoms with van der Waals surface area (Å²) in [4.78, 5) is 14.6. The number of anilines is 1. The molecule has 27 heavy (non-hydrogen) atoms. The Morgan fingerprint density at radius 1 is 1.30 bits per heavy atom. The van der Waals surface area contributed by atoms with Gasteiger partial charge in [-0.1, -0.05) is 49.2 Å². The van der Waals surface area contributed by atoms with Gasteiger partial charge < -0.3 is 9.32 Å². The van der Waals surface area contributed by atoms with Gasteiger partial charge in [-0.2, -0.15) is 5.26 Å². The fraction of sp³-hybridized carbons (Fsp3) is 0.500. The molecule has 1 aromatic heterocycles. The summed E-state index contributed by atoms with van der Waals surface area (Å²) in [6.45, 7) is 2.20. The van der Waals surface area contributed by atoms with E-state index >= 15 is 0 Å². The van der Waals surface area contributed by atoms with Gasteiger partial charge in [-0.25, -0.2) is 0 Å². The van der Waals surface area contributed by atoms with E-state index in [0.29, 0.717) is 23.6 Å². The van der Waals surface area contributed by atoms with Crippen LogP contribution in [0.2, 0.25) is 0 Å². The van der Waals surface area contributed by atoms with Crippen LogP contribution in [0, 0.1) is 11.3 Å². The molecule has 0 saturated heterocycles. The van der Waals surface area contributed by atoms with Crippen LogP contribution in [0.5, 0.6) is 0 Å². The minimum atomic E-state index is -0.386. The van der Waals surface area contributed by atoms with Crippen LogP contribution in [-0.2, 0) is 4.79 Å². The van der Waals surface area contributed by atoms with E-state index in [0.717, 1.165) is 18.5 Å². The Morgan fingerprint density at radius 2 is 2.04 bits per heavy atom. The van der Waals surface area contributed by atoms with Crippen LogP contribution < -0.4 is 4.90 Å². The highest BCUT2D eigenvalue weighted by Gasteiger charge is 2.26. The van der Waals surface area contributed by atoms with Crippen LogP contribution in [0.4, 0.5) is 5.69 Å². The number of hydrogen-bond donors (Lipinski definition) is 0. The molecule has 0 radical (unpaired) electrons. The standard InChI is InChI=1S/C20H24N4O2S/c1-15(19(25)24(14-8-13-21)17-11-6-3-7-12-17)27-20-23-22-18(26-20)16-9-4-2-5-10-16/h3,6-7,11-12,15-16H,2,4-5,8-10,14H2,1H3. The molecule has 1 saturated carbocycles. The normalized spacial score (nSPS) is 15.9. The lowest BCUT2D eigenvalue weighted by Gasteiger charge is -2.24. The number of amides is 1. The molecule has 0 aliphatic heterocycles. The van der Waals surface area contributed by atoms with Crippen molar-refractivity contribution in [2.45, 2.75) is 61.8 Å². The number of rotatable bonds is 7. The fourth-order valence-corrected chi connectivity index (χ4v) is 4.09. The molecule has 1 heterocycles. The molecule has 1 aliphatic rings. The molecular formula is C20H24N4O2S. The molecule has 0 bridgehead atoms. The van der Waals surface area contributed by atoms with Crippen molar-refractivity contribution in [1.82, 2.24) is 10.2 Å². The van der Waals surface area contributed by atoms with Gasteiger partial charge in [-0.05, 0) is 31.9 Å². The van der Waals surface area contributed by atoms with Gasteiger partial charge in [0.05, 0.1) is 17.7 Å². The first-order valence-electron chi connectivity index (χ1n) is 9.42. The predicted molar refractivity (Wildman–Crippen MR) is 104 cm³/mol. The van der Waals surface area contributed by atoms with Crippen LogP contribution in [0.25, 0.3) is 0 Å². The van der Waals surface area contributed by atoms with Crippen molar-refractivity contribution in [1.29, 1.82) is 5.26 Å². The maximum Gasteiger partial charge on any atom is 0.277 e. The summed E-state index contributed by atoms with van der Waals surface area (Å²) >= 11 is 1.28. The lowest BCUT2D eigenvalue weighted by Crippen LogP contribution is -2.37. The Hall–Kier alpha value is -2.33. The van der Waals surface area contributed by atoms with Crippen molar-refractivity contribution >= 4 is 23.4 Å². The van der Waals surface area contributed by atoms with E-state index in [9.17, 15) is 4.79 Å². The number of para-hydroxylation sites is 1. The maximum atomic E-state index is 13.0. The van der Waals surface area contributed by atoms with Gasteiger partial charge in [0.15, 0.2) is 0 Å². The van der Waals surface area contributed by atoms with Crippen molar-refractivity contribution in [3.8, 4) is 6.07 Å². The van der Waals surface area contributed by atoms with E-state index in [2.05, 4.69) is 16.3 Å². The third-order valence-electron chi connectivity index (χ3n) is 4.78. The third kappa shape index (κ3) is 5.10. The van der Waals surface area contributed by atoms with Crippen molar-refractivity contribution in [2.24, 2.45) is 0 Å². The van der Waals surface area contributed by atoms with Gasteiger partial charge >= 0.3 is 0 Å². The first kappa shape index (κ1) is 19.4. The van der Waals surface area contributed by atoms with E-state index in [1.54, 1.807) is 4.90 Å². The second kappa shape index (κ2) is 9.56. The first-order chi connectivity index (χ1) is 13.2. The fourth-order valence-electron chi connectivity index (χ4n) is 3.34. The lowest BCUT2D eigenvalue weighted by atomic mass is 9.89. The van der Waals surface area contributed by atoms with Gasteiger partial charge in [-0.3, -0.25) is 4.79 Å². The second-order valence-corrected chi connectivity index (χ2v) is 8.03. The van der Waals surface area contributed by atoms with Gasteiger partial charge in [0, 0.05) is 18.2 Å². The molecule has 2 aromatic rings. The zero-order chi connectivity index (χ0) is 19.1. The Morgan fingerprint density at radius 3 is 2.74 bits per heavy atom. The largest absolute Gasteiger partial charge is 0.416 e. The Balaban J connectivity index is 1.66. The minimum Gasteiger partial charge on any atom is -0.416 e. The van der Waals surface area contributed by atoms with Gasteiger partial charge in [0.25, 0.3) is 5.22 Å². The predicted octanol–water partition coefficient (Wildman–Crippen LogP) is 4.54. The molecule has 1 aromatic carbocycles. The smallest absolute Gasteiger partial charge is 0.277 e. The van der Waals surface area contributed by atoms with Crippen LogP contribution in [0.1, 0.15) is 57.3 Å². The third-order valence-corrected chi connectivity index (χ3v) is 5.70. The molecule has 6 nitrogen and oxygen atoms in total. The number of thioether (sulfide) groups is 1. The number of hydrogen-bond acceptors (Lipinski definition) is 6. The highest BCUT2D eigenvalue weighted by molar-refractivity contribution is 8.00. The average molecular weight is 385 g/mol. The molecule has 1 amide bonds. The van der Waals surface area contributed by atoms with Crippen LogP contribution in [0.15, 0.2) is 40.0 Å². The quantitative estimate of drug-likeness (QED) is 0.652. The Kier molecular flexibility index (Phi) is 6.88. The molecule has 1 fully saturated rings. The van der Waals surface area contributed by atoms with Crippen molar-refractivity contribution in [2.75, 3.05) is 11.4 Å². The molecule has 1 aliphatic carbocycles. The summed E-state index contributed by atoms with van der Waals surface area (Å²) in [6.07, 6.45) is 6.15. The molecule has 1 unspecified atom stereocenters. The first-order valence-corrected chi connectivity index (χ1v) is 10.3. The molecule has 0 spiro atoms. The van der Waals surface area contributed by atoms with Gasteiger partial charge in [0.2, 0.25) is 11.8 Å². The maximum absolute atomic E-state index is 13.0. The van der Waals surface area contributed by atoms with Crippen molar-refractivity contribution in [3.63, 3.8) is 0 Å². The van der Waals surface area contributed by atoms with Crippen molar-refractivity contribution in [3.05, 3.63) is 36.2 Å². The number of carbonyl (C=O) groups excluding carboxylic acids is 1. The monoisotopic (exact) mass is 384 g/mol. The summed E-state index contributed by atoms with van der Waals surface area (Å²) in [5.74, 6) is 0.975. The number of nitriles is 1. The summed E-state index contributed by atoms with van der Waals surface area (Å²) < 4.78 is 5.83. The van der Waals surface area contributed by atoms with Crippen LogP contribution >= 0.6 is 11.8 Å². The Bertz CT molecular complexity index is 781. The molecule has 0 N–H and O–H groups in total. The average Bonchev–Trinajstić information content (AvgIpc) is 3.18. The zero-order valence-corrected chi connectivity index (χ0v) is 16.3. The summed E-state index contributed by atoms with van der Waals surface area (Å²) in [6, 6.07) is 11.5. The highest BCUT2D eigenvalue weighted by atomic mass is 32.2. The molecule has 3 rings (SSSR count). The van der Waals surface area contributed by atoms with E-state index in [4.69, 9.17) is 9.68 Å². The van der Waals surface area contributed by atoms with Crippen LogP contribution in [0.3, 0.4) is 0 Å². The number of carbonyl (C=O) groups is 1. The summed E-state index contributed by atoms with van der Waals surface area (Å²) in [5.41, 5.74) is 0.790.